The Morgan fingerprint density at radius 3 is 2.47 bits per heavy atom. The lowest BCUT2D eigenvalue weighted by molar-refractivity contribution is -0.120. The van der Waals surface area contributed by atoms with Crippen LogP contribution in [0.2, 0.25) is 0 Å². The summed E-state index contributed by atoms with van der Waals surface area (Å²) >= 11 is 6.03. The van der Waals surface area contributed by atoms with Crippen LogP contribution in [0.4, 0.5) is 4.79 Å². The molecular formula is C21H17BrINO4S2. The number of hydrogen-bond donors (Lipinski definition) is 1. The summed E-state index contributed by atoms with van der Waals surface area (Å²) in [5, 5.41) is 1.49. The predicted molar refractivity (Wildman–Crippen MR) is 130 cm³/mol. The zero-order valence-corrected chi connectivity index (χ0v) is 21.2. The van der Waals surface area contributed by atoms with Gasteiger partial charge in [-0.2, -0.15) is 0 Å². The minimum atomic E-state index is -4.08. The number of carbonyl (C=O) groups is 2. The molecule has 1 saturated heterocycles. The lowest BCUT2D eigenvalue weighted by Crippen LogP contribution is -2.43. The number of carbonyl (C=O) groups excluding carboxylic acids is 2. The molecule has 0 aromatic heterocycles. The number of nitrogens with one attached hydrogen (secondary N) is 1. The van der Waals surface area contributed by atoms with E-state index in [9.17, 15) is 18.0 Å². The third kappa shape index (κ3) is 4.77. The smallest absolute Gasteiger partial charge is 0.285 e. The normalized spacial score (nSPS) is 18.6. The molecule has 1 heterocycles. The van der Waals surface area contributed by atoms with Crippen LogP contribution < -0.4 is 5.32 Å². The molecule has 2 aromatic rings. The Balaban J connectivity index is 1.80. The van der Waals surface area contributed by atoms with Crippen molar-refractivity contribution in [1.29, 1.82) is 0 Å². The van der Waals surface area contributed by atoms with Crippen LogP contribution in [0.25, 0.3) is 0 Å². The predicted octanol–water partition coefficient (Wildman–Crippen LogP) is 5.04. The first-order valence-electron chi connectivity index (χ1n) is 8.95. The lowest BCUT2D eigenvalue weighted by Gasteiger charge is -2.24. The summed E-state index contributed by atoms with van der Waals surface area (Å²) < 4.78 is 26.6. The van der Waals surface area contributed by atoms with Gasteiger partial charge < -0.3 is 0 Å². The number of amides is 2. The number of rotatable bonds is 5. The van der Waals surface area contributed by atoms with E-state index in [4.69, 9.17) is 0 Å². The molecule has 0 aliphatic carbocycles. The maximum Gasteiger partial charge on any atom is 0.287 e. The summed E-state index contributed by atoms with van der Waals surface area (Å²) in [5.74, 6) is 5.34. The van der Waals surface area contributed by atoms with Crippen LogP contribution in [0.1, 0.15) is 30.4 Å². The van der Waals surface area contributed by atoms with Gasteiger partial charge in [-0.3, -0.25) is 14.9 Å². The largest absolute Gasteiger partial charge is 0.287 e. The number of halogens is 2. The van der Waals surface area contributed by atoms with Crippen molar-refractivity contribution in [2.24, 2.45) is 0 Å². The molecule has 1 fully saturated rings. The summed E-state index contributed by atoms with van der Waals surface area (Å²) in [6.07, 6.45) is 0.763. The van der Waals surface area contributed by atoms with Gasteiger partial charge in [-0.25, -0.2) is 8.42 Å². The van der Waals surface area contributed by atoms with Gasteiger partial charge in [-0.15, -0.1) is 0 Å². The molecule has 2 amide bonds. The summed E-state index contributed by atoms with van der Waals surface area (Å²) in [7, 11) is -4.08. The number of unbranched alkanes of at least 4 members (excludes halogenated alkanes) is 1. The third-order valence-corrected chi connectivity index (χ3v) is 9.87. The molecule has 1 atom stereocenters. The van der Waals surface area contributed by atoms with Crippen molar-refractivity contribution in [3.8, 4) is 11.8 Å². The molecule has 30 heavy (non-hydrogen) atoms. The topological polar surface area (TPSA) is 80.3 Å². The minimum Gasteiger partial charge on any atom is -0.285 e. The first-order chi connectivity index (χ1) is 14.2. The number of sulfone groups is 1. The minimum absolute atomic E-state index is 0.00242. The Bertz CT molecular complexity index is 1170. The number of hydrogen-bond acceptors (Lipinski definition) is 5. The maximum atomic E-state index is 13.3. The molecule has 0 radical (unpaired) electrons. The lowest BCUT2D eigenvalue weighted by atomic mass is 10.1. The summed E-state index contributed by atoms with van der Waals surface area (Å²) in [6.45, 7) is 1.96. The molecule has 5 nitrogen and oxygen atoms in total. The van der Waals surface area contributed by atoms with Crippen LogP contribution in [-0.4, -0.2) is 23.6 Å². The Labute approximate surface area is 202 Å². The van der Waals surface area contributed by atoms with Gasteiger partial charge in [-0.05, 0) is 102 Å². The van der Waals surface area contributed by atoms with E-state index in [0.29, 0.717) is 24.6 Å². The maximum absolute atomic E-state index is 13.3. The second kappa shape index (κ2) is 9.42. The van der Waals surface area contributed by atoms with Crippen molar-refractivity contribution < 1.29 is 18.0 Å². The van der Waals surface area contributed by atoms with E-state index in [2.05, 4.69) is 55.7 Å². The van der Waals surface area contributed by atoms with Gasteiger partial charge in [0.2, 0.25) is 13.9 Å². The fourth-order valence-corrected chi connectivity index (χ4v) is 7.23. The summed E-state index contributed by atoms with van der Waals surface area (Å²) in [4.78, 5) is 24.5. The van der Waals surface area contributed by atoms with Crippen molar-refractivity contribution >= 4 is 71.3 Å². The standard InChI is InChI=1S/C21H17BrINO4S2/c1-14-13-16(22)7-6-15(14)5-3-2-4-12-21(19(25)24-20(26)29-21)30(27,28)18-10-8-17(23)9-11-18/h6-11,13H,2,4,12H2,1H3,(H,24,25,26). The van der Waals surface area contributed by atoms with E-state index in [-0.39, 0.29) is 11.3 Å². The van der Waals surface area contributed by atoms with Gasteiger partial charge >= 0.3 is 0 Å². The van der Waals surface area contributed by atoms with Crippen LogP contribution in [0.3, 0.4) is 0 Å². The van der Waals surface area contributed by atoms with E-state index >= 15 is 0 Å². The zero-order chi connectivity index (χ0) is 21.9. The first-order valence-corrected chi connectivity index (χ1v) is 13.1. The molecule has 1 aliphatic rings. The highest BCUT2D eigenvalue weighted by Crippen LogP contribution is 2.44. The Morgan fingerprint density at radius 1 is 1.17 bits per heavy atom. The average Bonchev–Trinajstić information content (AvgIpc) is 2.98. The van der Waals surface area contributed by atoms with Crippen LogP contribution in [0, 0.1) is 22.3 Å². The number of aryl methyl sites for hydroxylation is 1. The van der Waals surface area contributed by atoms with Gasteiger partial charge in [-0.1, -0.05) is 27.8 Å². The van der Waals surface area contributed by atoms with E-state index in [1.165, 1.54) is 12.1 Å². The zero-order valence-electron chi connectivity index (χ0n) is 15.9. The van der Waals surface area contributed by atoms with Crippen molar-refractivity contribution in [2.45, 2.75) is 35.2 Å². The van der Waals surface area contributed by atoms with Gasteiger partial charge in [0.15, 0.2) is 0 Å². The number of imide groups is 1. The number of benzene rings is 2. The van der Waals surface area contributed by atoms with Crippen molar-refractivity contribution in [1.82, 2.24) is 5.32 Å². The fourth-order valence-electron chi connectivity index (χ4n) is 3.02. The van der Waals surface area contributed by atoms with Gasteiger partial charge in [0.25, 0.3) is 11.1 Å². The summed E-state index contributed by atoms with van der Waals surface area (Å²) in [5.41, 5.74) is 1.92. The van der Waals surface area contributed by atoms with Gasteiger partial charge in [0.05, 0.1) is 4.90 Å². The summed E-state index contributed by atoms with van der Waals surface area (Å²) in [6, 6.07) is 12.0. The van der Waals surface area contributed by atoms with E-state index in [1.54, 1.807) is 12.1 Å². The third-order valence-electron chi connectivity index (χ3n) is 4.60. The molecule has 3 rings (SSSR count). The van der Waals surface area contributed by atoms with E-state index in [1.807, 2.05) is 25.1 Å². The second-order valence-electron chi connectivity index (χ2n) is 6.67. The first kappa shape index (κ1) is 23.3. The molecule has 2 aromatic carbocycles. The van der Waals surface area contributed by atoms with Crippen molar-refractivity contribution in [3.05, 3.63) is 61.6 Å². The Kier molecular flexibility index (Phi) is 7.32. The average molecular weight is 618 g/mol. The van der Waals surface area contributed by atoms with E-state index < -0.39 is 25.1 Å². The molecule has 0 saturated carbocycles. The van der Waals surface area contributed by atoms with Crippen LogP contribution in [0.5, 0.6) is 0 Å². The van der Waals surface area contributed by atoms with Crippen LogP contribution >= 0.6 is 50.3 Å². The monoisotopic (exact) mass is 617 g/mol. The molecule has 1 aliphatic heterocycles. The van der Waals surface area contributed by atoms with E-state index in [0.717, 1.165) is 19.2 Å². The van der Waals surface area contributed by atoms with Gasteiger partial charge in [0, 0.05) is 20.0 Å². The van der Waals surface area contributed by atoms with Gasteiger partial charge in [0.1, 0.15) is 0 Å². The SMILES string of the molecule is Cc1cc(Br)ccc1C#CCCCC1(S(=O)(=O)c2ccc(I)cc2)SC(=O)NC1=O. The molecule has 1 unspecified atom stereocenters. The van der Waals surface area contributed by atoms with Crippen molar-refractivity contribution in [3.63, 3.8) is 0 Å². The molecule has 1 N–H and O–H groups in total. The molecule has 0 bridgehead atoms. The highest BCUT2D eigenvalue weighted by molar-refractivity contribution is 14.1. The number of thioether (sulfide) groups is 1. The molecule has 0 spiro atoms. The van der Waals surface area contributed by atoms with Crippen molar-refractivity contribution in [2.75, 3.05) is 0 Å². The highest BCUT2D eigenvalue weighted by Gasteiger charge is 2.57. The quantitative estimate of drug-likeness (QED) is 0.289. The van der Waals surface area contributed by atoms with Crippen LogP contribution in [0.15, 0.2) is 51.8 Å². The second-order valence-corrected chi connectivity index (χ2v) is 12.5. The van der Waals surface area contributed by atoms with Crippen LogP contribution in [-0.2, 0) is 14.6 Å². The molecular weight excluding hydrogens is 601 g/mol. The Morgan fingerprint density at radius 2 is 1.87 bits per heavy atom. The molecule has 156 valence electrons. The fraction of sp³-hybridized carbons (Fsp3) is 0.238. The Hall–Kier alpha value is -1.35. The molecule has 9 heteroatoms. The highest BCUT2D eigenvalue weighted by atomic mass is 127.